The smallest absolute Gasteiger partial charge is 0.383 e. The monoisotopic (exact) mass is 361 g/mol. The van der Waals surface area contributed by atoms with Crippen molar-refractivity contribution in [3.63, 3.8) is 0 Å². The van der Waals surface area contributed by atoms with E-state index >= 15 is 0 Å². The average Bonchev–Trinajstić information content (AvgIpc) is 2.93. The van der Waals surface area contributed by atoms with Crippen molar-refractivity contribution in [1.82, 2.24) is 15.1 Å². The minimum atomic E-state index is -4.76. The lowest BCUT2D eigenvalue weighted by molar-refractivity contribution is -0.143. The van der Waals surface area contributed by atoms with Crippen molar-refractivity contribution in [2.75, 3.05) is 13.7 Å². The Bertz CT molecular complexity index is 714. The number of carbonyl (C=O) groups excluding carboxylic acids is 1. The largest absolute Gasteiger partial charge is 0.434 e. The first-order valence-electron chi connectivity index (χ1n) is 6.95. The van der Waals surface area contributed by atoms with E-state index in [0.29, 0.717) is 9.70 Å². The molecule has 1 aromatic heterocycles. The quantitative estimate of drug-likeness (QED) is 0.889. The van der Waals surface area contributed by atoms with Gasteiger partial charge in [0, 0.05) is 18.2 Å². The highest BCUT2D eigenvalue weighted by Gasteiger charge is 2.40. The molecule has 0 fully saturated rings. The number of nitrogens with one attached hydrogen (secondary N) is 1. The Hall–Kier alpha value is -2.06. The third-order valence-corrected chi connectivity index (χ3v) is 3.40. The third kappa shape index (κ3) is 4.07. The summed E-state index contributed by atoms with van der Waals surface area (Å²) in [5.74, 6) is -0.868. The molecule has 0 saturated carbocycles. The molecule has 0 saturated heterocycles. The van der Waals surface area contributed by atoms with Crippen LogP contribution < -0.4 is 5.32 Å². The highest BCUT2D eigenvalue weighted by molar-refractivity contribution is 6.30. The topological polar surface area (TPSA) is 56.1 Å². The average molecular weight is 362 g/mol. The van der Waals surface area contributed by atoms with Gasteiger partial charge < -0.3 is 10.1 Å². The van der Waals surface area contributed by atoms with Crippen LogP contribution >= 0.6 is 11.6 Å². The molecule has 2 rings (SSSR count). The van der Waals surface area contributed by atoms with Crippen molar-refractivity contribution in [1.29, 1.82) is 0 Å². The highest BCUT2D eigenvalue weighted by Crippen LogP contribution is 2.33. The fourth-order valence-corrected chi connectivity index (χ4v) is 2.28. The molecule has 9 heteroatoms. The molecule has 1 amide bonds. The van der Waals surface area contributed by atoms with Gasteiger partial charge in [-0.05, 0) is 31.2 Å². The second-order valence-corrected chi connectivity index (χ2v) is 5.56. The van der Waals surface area contributed by atoms with Crippen LogP contribution in [0.3, 0.4) is 0 Å². The number of alkyl halides is 3. The zero-order valence-electron chi connectivity index (χ0n) is 12.9. The Morgan fingerprint density at radius 3 is 2.54 bits per heavy atom. The van der Waals surface area contributed by atoms with E-state index in [2.05, 4.69) is 10.4 Å². The first-order valence-corrected chi connectivity index (χ1v) is 7.32. The van der Waals surface area contributed by atoms with Gasteiger partial charge in [0.2, 0.25) is 0 Å². The maximum atomic E-state index is 13.5. The number of rotatable bonds is 5. The summed E-state index contributed by atoms with van der Waals surface area (Å²) < 4.78 is 45.9. The van der Waals surface area contributed by atoms with Gasteiger partial charge in [0.1, 0.15) is 0 Å². The molecule has 0 aliphatic rings. The van der Waals surface area contributed by atoms with Crippen LogP contribution in [0.5, 0.6) is 0 Å². The summed E-state index contributed by atoms with van der Waals surface area (Å²) >= 11 is 5.74. The third-order valence-electron chi connectivity index (χ3n) is 3.15. The number of amides is 1. The second-order valence-electron chi connectivity index (χ2n) is 5.12. The van der Waals surface area contributed by atoms with Gasteiger partial charge in [-0.2, -0.15) is 18.3 Å². The predicted octanol–water partition coefficient (Wildman–Crippen LogP) is 3.31. The molecule has 1 atom stereocenters. The van der Waals surface area contributed by atoms with Gasteiger partial charge in [0.15, 0.2) is 5.69 Å². The van der Waals surface area contributed by atoms with Crippen molar-refractivity contribution in [3.05, 3.63) is 46.7 Å². The van der Waals surface area contributed by atoms with Gasteiger partial charge in [-0.25, -0.2) is 4.68 Å². The summed E-state index contributed by atoms with van der Waals surface area (Å²) in [5.41, 5.74) is -1.55. The van der Waals surface area contributed by atoms with Crippen LogP contribution in [0.15, 0.2) is 30.5 Å². The van der Waals surface area contributed by atoms with Gasteiger partial charge in [0.05, 0.1) is 24.1 Å². The molecular formula is C15H15ClF3N3O2. The SMILES string of the molecule is COC[C@@H](C)NC(=O)c1cnn(-c2ccc(Cl)cc2)c1C(F)(F)F. The summed E-state index contributed by atoms with van der Waals surface area (Å²) in [5, 5.41) is 6.54. The molecule has 0 unspecified atom stereocenters. The summed E-state index contributed by atoms with van der Waals surface area (Å²) in [6.45, 7) is 1.80. The second kappa shape index (κ2) is 7.23. The number of methoxy groups -OCH3 is 1. The summed E-state index contributed by atoms with van der Waals surface area (Å²) in [6.07, 6.45) is -3.86. The van der Waals surface area contributed by atoms with E-state index in [1.165, 1.54) is 31.4 Å². The van der Waals surface area contributed by atoms with Crippen LogP contribution in [0.1, 0.15) is 23.0 Å². The number of carbonyl (C=O) groups is 1. The van der Waals surface area contributed by atoms with Crippen molar-refractivity contribution in [2.24, 2.45) is 0 Å². The van der Waals surface area contributed by atoms with E-state index in [0.717, 1.165) is 6.20 Å². The zero-order valence-corrected chi connectivity index (χ0v) is 13.6. The van der Waals surface area contributed by atoms with Gasteiger partial charge in [-0.1, -0.05) is 11.6 Å². The Kier molecular flexibility index (Phi) is 5.51. The molecule has 0 bridgehead atoms. The molecule has 1 heterocycles. The number of hydrogen-bond donors (Lipinski definition) is 1. The Balaban J connectivity index is 2.43. The first kappa shape index (κ1) is 18.3. The molecule has 1 aromatic carbocycles. The van der Waals surface area contributed by atoms with Gasteiger partial charge >= 0.3 is 6.18 Å². The van der Waals surface area contributed by atoms with E-state index in [1.807, 2.05) is 0 Å². The van der Waals surface area contributed by atoms with E-state index in [4.69, 9.17) is 16.3 Å². The lowest BCUT2D eigenvalue weighted by atomic mass is 10.2. The van der Waals surface area contributed by atoms with E-state index in [-0.39, 0.29) is 12.3 Å². The lowest BCUT2D eigenvalue weighted by Crippen LogP contribution is -2.36. The molecule has 0 aliphatic carbocycles. The van der Waals surface area contributed by atoms with Crippen LogP contribution in [0, 0.1) is 0 Å². The van der Waals surface area contributed by atoms with E-state index in [1.54, 1.807) is 6.92 Å². The van der Waals surface area contributed by atoms with Crippen molar-refractivity contribution >= 4 is 17.5 Å². The molecule has 1 N–H and O–H groups in total. The maximum Gasteiger partial charge on any atom is 0.434 e. The van der Waals surface area contributed by atoms with Crippen LogP contribution in [0.2, 0.25) is 5.02 Å². The number of halogens is 4. The Morgan fingerprint density at radius 1 is 1.38 bits per heavy atom. The highest BCUT2D eigenvalue weighted by atomic mass is 35.5. The lowest BCUT2D eigenvalue weighted by Gasteiger charge is -2.15. The number of hydrogen-bond acceptors (Lipinski definition) is 3. The van der Waals surface area contributed by atoms with Crippen LogP contribution in [0.25, 0.3) is 5.69 Å². The first-order chi connectivity index (χ1) is 11.2. The fourth-order valence-electron chi connectivity index (χ4n) is 2.16. The summed E-state index contributed by atoms with van der Waals surface area (Å²) in [7, 11) is 1.43. The molecule has 130 valence electrons. The summed E-state index contributed by atoms with van der Waals surface area (Å²) in [4.78, 5) is 12.2. The Morgan fingerprint density at radius 2 is 2.00 bits per heavy atom. The number of aromatic nitrogens is 2. The minimum absolute atomic E-state index is 0.149. The molecule has 24 heavy (non-hydrogen) atoms. The number of nitrogens with zero attached hydrogens (tertiary/aromatic N) is 2. The minimum Gasteiger partial charge on any atom is -0.383 e. The van der Waals surface area contributed by atoms with Gasteiger partial charge in [0.25, 0.3) is 5.91 Å². The molecule has 5 nitrogen and oxygen atoms in total. The normalized spacial score (nSPS) is 12.9. The standard InChI is InChI=1S/C15H15ClF3N3O2/c1-9(8-24-2)21-14(23)12-7-20-22(13(12)15(17,18)19)11-5-3-10(16)4-6-11/h3-7,9H,8H2,1-2H3,(H,21,23)/t9-/m1/s1. The molecule has 0 spiro atoms. The number of ether oxygens (including phenoxy) is 1. The van der Waals surface area contributed by atoms with Crippen LogP contribution in [-0.4, -0.2) is 35.4 Å². The molecule has 0 aliphatic heterocycles. The fraction of sp³-hybridized carbons (Fsp3) is 0.333. The van der Waals surface area contributed by atoms with Crippen molar-refractivity contribution in [2.45, 2.75) is 19.1 Å². The van der Waals surface area contributed by atoms with Crippen molar-refractivity contribution < 1.29 is 22.7 Å². The van der Waals surface area contributed by atoms with Gasteiger partial charge in [-0.3, -0.25) is 4.79 Å². The predicted molar refractivity (Wildman–Crippen MR) is 82.4 cm³/mol. The Labute approximate surface area is 141 Å². The molecular weight excluding hydrogens is 347 g/mol. The van der Waals surface area contributed by atoms with E-state index < -0.39 is 29.4 Å². The maximum absolute atomic E-state index is 13.5. The van der Waals surface area contributed by atoms with Crippen LogP contribution in [0.4, 0.5) is 13.2 Å². The van der Waals surface area contributed by atoms with Crippen LogP contribution in [-0.2, 0) is 10.9 Å². The molecule has 0 radical (unpaired) electrons. The van der Waals surface area contributed by atoms with Crippen molar-refractivity contribution in [3.8, 4) is 5.69 Å². The summed E-state index contributed by atoms with van der Waals surface area (Å²) in [6, 6.07) is 5.22. The van der Waals surface area contributed by atoms with Gasteiger partial charge in [-0.15, -0.1) is 0 Å². The zero-order chi connectivity index (χ0) is 17.9. The molecule has 2 aromatic rings. The van der Waals surface area contributed by atoms with E-state index in [9.17, 15) is 18.0 Å². The number of benzene rings is 1.